The van der Waals surface area contributed by atoms with Crippen molar-refractivity contribution >= 4 is 17.5 Å². The van der Waals surface area contributed by atoms with Crippen LogP contribution < -0.4 is 4.90 Å². The van der Waals surface area contributed by atoms with Gasteiger partial charge in [0.05, 0.1) is 0 Å². The van der Waals surface area contributed by atoms with Crippen LogP contribution in [-0.2, 0) is 0 Å². The number of para-hydroxylation sites is 1. The zero-order valence-electron chi connectivity index (χ0n) is 10.0. The van der Waals surface area contributed by atoms with Gasteiger partial charge in [0.15, 0.2) is 0 Å². The maximum Gasteiger partial charge on any atom is 0.0499 e. The third-order valence-corrected chi connectivity index (χ3v) is 3.14. The predicted molar refractivity (Wildman–Crippen MR) is 76.9 cm³/mol. The van der Waals surface area contributed by atoms with Gasteiger partial charge in [-0.1, -0.05) is 42.3 Å². The van der Waals surface area contributed by atoms with Crippen molar-refractivity contribution in [2.24, 2.45) is 0 Å². The molecule has 0 unspecified atom stereocenters. The Hall–Kier alpha value is -2.46. The smallest absolute Gasteiger partial charge is 0.0499 e. The van der Waals surface area contributed by atoms with Crippen LogP contribution in [0.5, 0.6) is 0 Å². The standard InChI is InChI=1S/C17H13N/c1-2-14-10-11-15-7-6-12-18(17(15)13-14)16-8-4-3-5-9-16/h1,3-11,13H,12H2. The molecule has 18 heavy (non-hydrogen) atoms. The summed E-state index contributed by atoms with van der Waals surface area (Å²) in [5, 5.41) is 0. The Morgan fingerprint density at radius 3 is 2.67 bits per heavy atom. The highest BCUT2D eigenvalue weighted by Crippen LogP contribution is 2.32. The molecule has 3 rings (SSSR count). The SMILES string of the molecule is C#Cc1ccc2c(c1)N(c1ccccc1)CC=C2. The summed E-state index contributed by atoms with van der Waals surface area (Å²) < 4.78 is 0. The van der Waals surface area contributed by atoms with E-state index in [-0.39, 0.29) is 0 Å². The molecule has 1 aliphatic rings. The fraction of sp³-hybridized carbons (Fsp3) is 0.0588. The zero-order valence-corrected chi connectivity index (χ0v) is 10.0. The highest BCUT2D eigenvalue weighted by Gasteiger charge is 2.14. The molecule has 0 aromatic heterocycles. The maximum absolute atomic E-state index is 5.48. The van der Waals surface area contributed by atoms with E-state index in [1.165, 1.54) is 16.9 Å². The Kier molecular flexibility index (Phi) is 2.63. The minimum absolute atomic E-state index is 0.880. The molecule has 86 valence electrons. The lowest BCUT2D eigenvalue weighted by molar-refractivity contribution is 1.08. The molecular weight excluding hydrogens is 218 g/mol. The second-order valence-corrected chi connectivity index (χ2v) is 4.27. The van der Waals surface area contributed by atoms with Gasteiger partial charge in [0.1, 0.15) is 0 Å². The number of benzene rings is 2. The van der Waals surface area contributed by atoms with Gasteiger partial charge < -0.3 is 4.90 Å². The van der Waals surface area contributed by atoms with Crippen molar-refractivity contribution in [2.75, 3.05) is 11.4 Å². The zero-order chi connectivity index (χ0) is 12.4. The summed E-state index contributed by atoms with van der Waals surface area (Å²) in [6, 6.07) is 16.5. The quantitative estimate of drug-likeness (QED) is 0.674. The molecule has 2 aromatic carbocycles. The monoisotopic (exact) mass is 231 g/mol. The molecule has 1 aliphatic heterocycles. The first-order chi connectivity index (χ1) is 8.88. The van der Waals surface area contributed by atoms with Crippen molar-refractivity contribution in [1.29, 1.82) is 0 Å². The Morgan fingerprint density at radius 1 is 1.06 bits per heavy atom. The second kappa shape index (κ2) is 4.43. The van der Waals surface area contributed by atoms with Crippen LogP contribution >= 0.6 is 0 Å². The van der Waals surface area contributed by atoms with Crippen LogP contribution in [0, 0.1) is 12.3 Å². The van der Waals surface area contributed by atoms with Gasteiger partial charge in [-0.2, -0.15) is 0 Å². The van der Waals surface area contributed by atoms with Gasteiger partial charge in [-0.25, -0.2) is 0 Å². The lowest BCUT2D eigenvalue weighted by atomic mass is 10.0. The average molecular weight is 231 g/mol. The first-order valence-electron chi connectivity index (χ1n) is 5.98. The number of rotatable bonds is 1. The third-order valence-electron chi connectivity index (χ3n) is 3.14. The lowest BCUT2D eigenvalue weighted by Crippen LogP contribution is -2.20. The van der Waals surface area contributed by atoms with E-state index in [0.717, 1.165) is 12.1 Å². The van der Waals surface area contributed by atoms with Gasteiger partial charge in [-0.3, -0.25) is 0 Å². The van der Waals surface area contributed by atoms with E-state index in [9.17, 15) is 0 Å². The largest absolute Gasteiger partial charge is 0.337 e. The summed E-state index contributed by atoms with van der Waals surface area (Å²) in [5.74, 6) is 2.70. The number of fused-ring (bicyclic) bond motifs is 1. The van der Waals surface area contributed by atoms with Gasteiger partial charge in [0.25, 0.3) is 0 Å². The van der Waals surface area contributed by atoms with Crippen molar-refractivity contribution in [3.8, 4) is 12.3 Å². The van der Waals surface area contributed by atoms with Gasteiger partial charge in [0, 0.05) is 23.5 Å². The van der Waals surface area contributed by atoms with Gasteiger partial charge in [-0.15, -0.1) is 6.42 Å². The molecule has 0 fully saturated rings. The highest BCUT2D eigenvalue weighted by atomic mass is 15.1. The van der Waals surface area contributed by atoms with E-state index in [4.69, 9.17) is 6.42 Å². The fourth-order valence-corrected chi connectivity index (χ4v) is 2.24. The summed E-state index contributed by atoms with van der Waals surface area (Å²) in [7, 11) is 0. The summed E-state index contributed by atoms with van der Waals surface area (Å²) in [6.45, 7) is 0.880. The fourth-order valence-electron chi connectivity index (χ4n) is 2.24. The molecule has 0 atom stereocenters. The molecule has 0 saturated heterocycles. The first-order valence-corrected chi connectivity index (χ1v) is 5.98. The van der Waals surface area contributed by atoms with Gasteiger partial charge in [-0.05, 0) is 29.8 Å². The average Bonchev–Trinajstić information content (AvgIpc) is 2.47. The summed E-state index contributed by atoms with van der Waals surface area (Å²) in [5.41, 5.74) is 4.51. The minimum Gasteiger partial charge on any atom is -0.337 e. The number of hydrogen-bond acceptors (Lipinski definition) is 1. The molecule has 0 bridgehead atoms. The van der Waals surface area contributed by atoms with Crippen LogP contribution in [0.15, 0.2) is 54.6 Å². The molecule has 0 amide bonds. The molecule has 2 aromatic rings. The molecule has 1 heterocycles. The van der Waals surface area contributed by atoms with Crippen molar-refractivity contribution in [3.63, 3.8) is 0 Å². The van der Waals surface area contributed by atoms with Crippen LogP contribution in [0.3, 0.4) is 0 Å². The Morgan fingerprint density at radius 2 is 1.89 bits per heavy atom. The van der Waals surface area contributed by atoms with E-state index in [1.807, 2.05) is 12.1 Å². The van der Waals surface area contributed by atoms with E-state index in [0.29, 0.717) is 0 Å². The van der Waals surface area contributed by atoms with E-state index in [2.05, 4.69) is 59.4 Å². The number of nitrogens with zero attached hydrogens (tertiary/aromatic N) is 1. The molecule has 0 radical (unpaired) electrons. The van der Waals surface area contributed by atoms with E-state index >= 15 is 0 Å². The Balaban J connectivity index is 2.12. The topological polar surface area (TPSA) is 3.24 Å². The molecule has 0 saturated carbocycles. The highest BCUT2D eigenvalue weighted by molar-refractivity contribution is 5.78. The van der Waals surface area contributed by atoms with Crippen molar-refractivity contribution < 1.29 is 0 Å². The number of hydrogen-bond donors (Lipinski definition) is 0. The molecule has 0 spiro atoms. The number of terminal acetylenes is 1. The summed E-state index contributed by atoms with van der Waals surface area (Å²) in [6.07, 6.45) is 9.80. The number of anilines is 2. The van der Waals surface area contributed by atoms with Crippen LogP contribution in [0.1, 0.15) is 11.1 Å². The van der Waals surface area contributed by atoms with Crippen molar-refractivity contribution in [3.05, 3.63) is 65.7 Å². The predicted octanol–water partition coefficient (Wildman–Crippen LogP) is 3.83. The normalized spacial score (nSPS) is 12.9. The molecular formula is C17H13N. The van der Waals surface area contributed by atoms with Gasteiger partial charge in [0.2, 0.25) is 0 Å². The van der Waals surface area contributed by atoms with Crippen LogP contribution in [-0.4, -0.2) is 6.54 Å². The first kappa shape index (κ1) is 10.7. The third kappa shape index (κ3) is 1.78. The lowest BCUT2D eigenvalue weighted by Gasteiger charge is -2.28. The summed E-state index contributed by atoms with van der Waals surface area (Å²) in [4.78, 5) is 2.27. The molecule has 1 heteroatoms. The second-order valence-electron chi connectivity index (χ2n) is 4.27. The van der Waals surface area contributed by atoms with Crippen LogP contribution in [0.4, 0.5) is 11.4 Å². The van der Waals surface area contributed by atoms with Crippen LogP contribution in [0.2, 0.25) is 0 Å². The van der Waals surface area contributed by atoms with Crippen molar-refractivity contribution in [1.82, 2.24) is 0 Å². The van der Waals surface area contributed by atoms with Crippen molar-refractivity contribution in [2.45, 2.75) is 0 Å². The molecule has 0 aliphatic carbocycles. The maximum atomic E-state index is 5.48. The minimum atomic E-state index is 0.880. The summed E-state index contributed by atoms with van der Waals surface area (Å²) >= 11 is 0. The molecule has 1 nitrogen and oxygen atoms in total. The van der Waals surface area contributed by atoms with E-state index in [1.54, 1.807) is 0 Å². The molecule has 0 N–H and O–H groups in total. The van der Waals surface area contributed by atoms with Crippen LogP contribution in [0.25, 0.3) is 6.08 Å². The Bertz CT molecular complexity index is 632. The Labute approximate surface area is 107 Å². The van der Waals surface area contributed by atoms with E-state index < -0.39 is 0 Å². The van der Waals surface area contributed by atoms with Gasteiger partial charge >= 0.3 is 0 Å².